The van der Waals surface area contributed by atoms with E-state index >= 15 is 0 Å². The number of ether oxygens (including phenoxy) is 3. The minimum absolute atomic E-state index is 0.315. The molecule has 0 spiro atoms. The van der Waals surface area contributed by atoms with Gasteiger partial charge in [0, 0.05) is 0 Å². The largest absolute Gasteiger partial charge is 0.493 e. The molecule has 1 amide bonds. The molecule has 0 aliphatic carbocycles. The van der Waals surface area contributed by atoms with Crippen molar-refractivity contribution in [1.82, 2.24) is 5.43 Å². The molecule has 0 saturated carbocycles. The van der Waals surface area contributed by atoms with Gasteiger partial charge in [-0.25, -0.2) is 13.8 Å². The summed E-state index contributed by atoms with van der Waals surface area (Å²) in [6, 6.07) is 29.6. The van der Waals surface area contributed by atoms with Crippen molar-refractivity contribution in [1.29, 1.82) is 0 Å². The molecule has 4 aromatic rings. The molecular formula is C31H31N3O6S. The van der Waals surface area contributed by atoms with E-state index in [1.165, 1.54) is 20.2 Å². The van der Waals surface area contributed by atoms with Gasteiger partial charge < -0.3 is 14.2 Å². The summed E-state index contributed by atoms with van der Waals surface area (Å²) in [4.78, 5) is 12.9. The number of para-hydroxylation sites is 1. The molecule has 41 heavy (non-hydrogen) atoms. The van der Waals surface area contributed by atoms with Crippen LogP contribution in [0.15, 0.2) is 108 Å². The number of hydrogen-bond donors (Lipinski definition) is 1. The number of nitrogens with one attached hydrogen (secondary N) is 1. The first-order chi connectivity index (χ1) is 19.7. The van der Waals surface area contributed by atoms with Gasteiger partial charge in [0.2, 0.25) is 10.0 Å². The SMILES string of the molecule is COc1cc(/C=N\NC(=O)[C@@H](C)N(c2ccc(Oc3ccccc3)cc2)S(C)(=O)=O)ccc1OCc1ccccc1. The van der Waals surface area contributed by atoms with E-state index in [4.69, 9.17) is 14.2 Å². The van der Waals surface area contributed by atoms with Crippen LogP contribution >= 0.6 is 0 Å². The Morgan fingerprint density at radius 2 is 1.54 bits per heavy atom. The molecule has 1 N–H and O–H groups in total. The smallest absolute Gasteiger partial charge is 0.263 e. The van der Waals surface area contributed by atoms with Crippen molar-refractivity contribution in [3.05, 3.63) is 114 Å². The number of carbonyl (C=O) groups excluding carboxylic acids is 1. The molecule has 0 radical (unpaired) electrons. The highest BCUT2D eigenvalue weighted by Crippen LogP contribution is 2.29. The van der Waals surface area contributed by atoms with Gasteiger partial charge in [-0.2, -0.15) is 5.10 Å². The minimum Gasteiger partial charge on any atom is -0.493 e. The van der Waals surface area contributed by atoms with Crippen molar-refractivity contribution < 1.29 is 27.4 Å². The summed E-state index contributed by atoms with van der Waals surface area (Å²) >= 11 is 0. The second-order valence-electron chi connectivity index (χ2n) is 9.06. The van der Waals surface area contributed by atoms with Crippen LogP contribution in [0.1, 0.15) is 18.1 Å². The third-order valence-electron chi connectivity index (χ3n) is 5.97. The first-order valence-corrected chi connectivity index (χ1v) is 14.6. The normalized spacial score (nSPS) is 12.0. The van der Waals surface area contributed by atoms with Crippen LogP contribution in [0, 0.1) is 0 Å². The maximum absolute atomic E-state index is 12.9. The third-order valence-corrected chi connectivity index (χ3v) is 7.21. The van der Waals surface area contributed by atoms with E-state index < -0.39 is 22.0 Å². The Balaban J connectivity index is 1.40. The maximum Gasteiger partial charge on any atom is 0.263 e. The molecule has 0 unspecified atom stereocenters. The standard InChI is InChI=1S/C31H31N3O6S/c1-23(34(41(3,36)37)26-15-17-28(18-16-26)40-27-12-8-5-9-13-27)31(35)33-32-21-25-14-19-29(30(20-25)38-2)39-22-24-10-6-4-7-11-24/h4-21,23H,22H2,1-3H3,(H,33,35)/b32-21-/t23-/m1/s1. The molecule has 212 valence electrons. The van der Waals surface area contributed by atoms with Crippen molar-refractivity contribution in [2.24, 2.45) is 5.10 Å². The summed E-state index contributed by atoms with van der Waals surface area (Å²) in [6.45, 7) is 1.88. The lowest BCUT2D eigenvalue weighted by molar-refractivity contribution is -0.121. The Bertz CT molecular complexity index is 1580. The van der Waals surface area contributed by atoms with Crippen LogP contribution in [-0.2, 0) is 21.4 Å². The zero-order valence-corrected chi connectivity index (χ0v) is 23.7. The second kappa shape index (κ2) is 13.5. The summed E-state index contributed by atoms with van der Waals surface area (Å²) in [5.41, 5.74) is 4.41. The molecular weight excluding hydrogens is 542 g/mol. The van der Waals surface area contributed by atoms with E-state index in [2.05, 4.69) is 10.5 Å². The van der Waals surface area contributed by atoms with Crippen molar-refractivity contribution >= 4 is 27.8 Å². The molecule has 0 heterocycles. The van der Waals surface area contributed by atoms with E-state index in [1.54, 1.807) is 42.5 Å². The van der Waals surface area contributed by atoms with E-state index in [1.807, 2.05) is 60.7 Å². The quantitative estimate of drug-likeness (QED) is 0.180. The van der Waals surface area contributed by atoms with E-state index in [9.17, 15) is 13.2 Å². The number of sulfonamides is 1. The molecule has 0 bridgehead atoms. The van der Waals surface area contributed by atoms with Gasteiger partial charge in [-0.05, 0) is 72.6 Å². The van der Waals surface area contributed by atoms with Gasteiger partial charge >= 0.3 is 0 Å². The van der Waals surface area contributed by atoms with Gasteiger partial charge in [-0.3, -0.25) is 9.10 Å². The van der Waals surface area contributed by atoms with Crippen LogP contribution in [-0.4, -0.2) is 39.9 Å². The van der Waals surface area contributed by atoms with Gasteiger partial charge in [-0.15, -0.1) is 0 Å². The summed E-state index contributed by atoms with van der Waals surface area (Å²) < 4.78 is 43.4. The van der Waals surface area contributed by atoms with Gasteiger partial charge in [0.1, 0.15) is 24.1 Å². The summed E-state index contributed by atoms with van der Waals surface area (Å²) in [5.74, 6) is 1.65. The average Bonchev–Trinajstić information content (AvgIpc) is 2.97. The minimum atomic E-state index is -3.80. The highest BCUT2D eigenvalue weighted by atomic mass is 32.2. The molecule has 9 nitrogen and oxygen atoms in total. The number of amides is 1. The van der Waals surface area contributed by atoms with Crippen LogP contribution in [0.4, 0.5) is 5.69 Å². The van der Waals surface area contributed by atoms with Crippen LogP contribution in [0.2, 0.25) is 0 Å². The fraction of sp³-hybridized carbons (Fsp3) is 0.161. The average molecular weight is 574 g/mol. The highest BCUT2D eigenvalue weighted by Gasteiger charge is 2.29. The molecule has 1 atom stereocenters. The zero-order chi connectivity index (χ0) is 29.2. The Morgan fingerprint density at radius 3 is 2.17 bits per heavy atom. The highest BCUT2D eigenvalue weighted by molar-refractivity contribution is 7.92. The molecule has 0 fully saturated rings. The number of anilines is 1. The fourth-order valence-corrected chi connectivity index (χ4v) is 5.15. The van der Waals surface area contributed by atoms with Crippen molar-refractivity contribution in [2.75, 3.05) is 17.7 Å². The molecule has 0 aromatic heterocycles. The van der Waals surface area contributed by atoms with Crippen molar-refractivity contribution in [3.63, 3.8) is 0 Å². The maximum atomic E-state index is 12.9. The molecule has 0 saturated heterocycles. The van der Waals surface area contributed by atoms with Gasteiger partial charge in [0.05, 0.1) is 25.3 Å². The van der Waals surface area contributed by atoms with Gasteiger partial charge in [0.15, 0.2) is 11.5 Å². The topological polar surface area (TPSA) is 107 Å². The first-order valence-electron chi connectivity index (χ1n) is 12.7. The third kappa shape index (κ3) is 8.09. The Kier molecular flexibility index (Phi) is 9.60. The van der Waals surface area contributed by atoms with E-state index in [0.29, 0.717) is 40.9 Å². The van der Waals surface area contributed by atoms with Crippen LogP contribution in [0.25, 0.3) is 0 Å². The molecule has 4 aromatic carbocycles. The number of carbonyl (C=O) groups is 1. The number of nitrogens with zero attached hydrogens (tertiary/aromatic N) is 2. The Labute approximate surface area is 240 Å². The lowest BCUT2D eigenvalue weighted by atomic mass is 10.2. The van der Waals surface area contributed by atoms with Crippen LogP contribution < -0.4 is 23.9 Å². The summed E-state index contributed by atoms with van der Waals surface area (Å²) in [6.07, 6.45) is 2.48. The monoisotopic (exact) mass is 573 g/mol. The number of hydrazone groups is 1. The van der Waals surface area contributed by atoms with Crippen LogP contribution in [0.3, 0.4) is 0 Å². The molecule has 0 aliphatic rings. The van der Waals surface area contributed by atoms with Gasteiger partial charge in [-0.1, -0.05) is 48.5 Å². The zero-order valence-electron chi connectivity index (χ0n) is 22.9. The number of hydrogen-bond acceptors (Lipinski definition) is 7. The molecule has 4 rings (SSSR count). The Morgan fingerprint density at radius 1 is 0.902 bits per heavy atom. The van der Waals surface area contributed by atoms with E-state index in [-0.39, 0.29) is 0 Å². The predicted molar refractivity (Wildman–Crippen MR) is 159 cm³/mol. The molecule has 0 aliphatic heterocycles. The van der Waals surface area contributed by atoms with E-state index in [0.717, 1.165) is 16.1 Å². The second-order valence-corrected chi connectivity index (χ2v) is 10.9. The predicted octanol–water partition coefficient (Wildman–Crippen LogP) is 5.37. The van der Waals surface area contributed by atoms with Crippen LogP contribution in [0.5, 0.6) is 23.0 Å². The van der Waals surface area contributed by atoms with Crippen molar-refractivity contribution in [2.45, 2.75) is 19.6 Å². The van der Waals surface area contributed by atoms with Gasteiger partial charge in [0.25, 0.3) is 5.91 Å². The number of rotatable bonds is 12. The van der Waals surface area contributed by atoms with Crippen molar-refractivity contribution in [3.8, 4) is 23.0 Å². The summed E-state index contributed by atoms with van der Waals surface area (Å²) in [7, 11) is -2.26. The molecule has 10 heteroatoms. The number of benzene rings is 4. The summed E-state index contributed by atoms with van der Waals surface area (Å²) in [5, 5.41) is 4.02. The fourth-order valence-electron chi connectivity index (χ4n) is 3.98. The lowest BCUT2D eigenvalue weighted by Crippen LogP contribution is -2.46. The number of methoxy groups -OCH3 is 1. The lowest BCUT2D eigenvalue weighted by Gasteiger charge is -2.27. The Hall–Kier alpha value is -4.83. The first kappa shape index (κ1) is 29.2.